The molecule has 4 unspecified atom stereocenters. The molecule has 0 radical (unpaired) electrons. The highest BCUT2D eigenvalue weighted by Crippen LogP contribution is 2.45. The van der Waals surface area contributed by atoms with Crippen LogP contribution >= 0.6 is 46.3 Å². The largest absolute Gasteiger partial charge is 0.443 e. The van der Waals surface area contributed by atoms with Gasteiger partial charge in [0.15, 0.2) is 6.29 Å². The van der Waals surface area contributed by atoms with Crippen LogP contribution < -0.4 is 4.90 Å². The van der Waals surface area contributed by atoms with E-state index in [0.717, 1.165) is 26.7 Å². The molecular weight excluding hydrogens is 765 g/mol. The number of thioether (sulfide) groups is 1. The van der Waals surface area contributed by atoms with Gasteiger partial charge >= 0.3 is 12.2 Å². The first-order valence-electron chi connectivity index (χ1n) is 16.9. The Morgan fingerprint density at radius 1 is 0.981 bits per heavy atom. The van der Waals surface area contributed by atoms with Gasteiger partial charge in [0.1, 0.15) is 52.4 Å². The molecule has 2 amide bonds. The molecule has 53 heavy (non-hydrogen) atoms. The summed E-state index contributed by atoms with van der Waals surface area (Å²) in [5.74, 6) is 0. The Kier molecular flexibility index (Phi) is 12.1. The Bertz CT molecular complexity index is 1870. The summed E-state index contributed by atoms with van der Waals surface area (Å²) in [6.45, 7) is 12.8. The van der Waals surface area contributed by atoms with E-state index < -0.39 is 59.5 Å². The number of rotatable bonds is 8. The van der Waals surface area contributed by atoms with E-state index in [2.05, 4.69) is 15.3 Å². The summed E-state index contributed by atoms with van der Waals surface area (Å²) >= 11 is 15.1. The number of imide groups is 1. The number of anilines is 1. The molecule has 2 aromatic carbocycles. The van der Waals surface area contributed by atoms with Gasteiger partial charge in [0.2, 0.25) is 5.13 Å². The van der Waals surface area contributed by atoms with Crippen molar-refractivity contribution < 1.29 is 38.0 Å². The Morgan fingerprint density at radius 3 is 2.32 bits per heavy atom. The van der Waals surface area contributed by atoms with Crippen LogP contribution in [-0.4, -0.2) is 80.3 Å². The number of hydrogen-bond acceptors (Lipinski definition) is 13. The van der Waals surface area contributed by atoms with E-state index in [1.807, 2.05) is 43.3 Å². The quantitative estimate of drug-likeness (QED) is 0.168. The van der Waals surface area contributed by atoms with Crippen LogP contribution in [0, 0.1) is 0 Å². The molecule has 2 fully saturated rings. The van der Waals surface area contributed by atoms with Crippen molar-refractivity contribution in [2.45, 2.75) is 101 Å². The van der Waals surface area contributed by atoms with Crippen LogP contribution in [0.25, 0.3) is 11.4 Å². The van der Waals surface area contributed by atoms with Crippen molar-refractivity contribution in [2.24, 2.45) is 0 Å². The number of nitrogens with zero attached hydrogens (tertiary/aromatic N) is 5. The molecule has 17 heteroatoms. The number of carbonyl (C=O) groups is 2. The molecule has 2 saturated heterocycles. The van der Waals surface area contributed by atoms with E-state index in [9.17, 15) is 9.59 Å². The van der Waals surface area contributed by atoms with Crippen LogP contribution in [0.15, 0.2) is 65.0 Å². The Morgan fingerprint density at radius 2 is 1.68 bits per heavy atom. The Hall–Kier alpha value is -3.28. The minimum Gasteiger partial charge on any atom is -0.443 e. The van der Waals surface area contributed by atoms with Gasteiger partial charge in [-0.1, -0.05) is 70.5 Å². The monoisotopic (exact) mass is 805 g/mol. The second-order valence-electron chi connectivity index (χ2n) is 14.2. The predicted octanol–water partition coefficient (Wildman–Crippen LogP) is 8.96. The SMILES string of the molecule is CCOC1C(n2cc(-c3csc(N(C(=O)OC(C)(C)C)C(=O)OC(C)(C)C)n3)nn2)[C@H]2OC(c3ccccc3)OCC2O[C@@H]1Sc1ccc(Cl)c(Cl)c1. The number of amides is 2. The molecule has 13 nitrogen and oxygen atoms in total. The summed E-state index contributed by atoms with van der Waals surface area (Å²) in [6.07, 6.45) is -2.39. The fourth-order valence-electron chi connectivity index (χ4n) is 5.67. The minimum atomic E-state index is -0.917. The number of hydrogen-bond donors (Lipinski definition) is 0. The molecule has 6 rings (SSSR count). The predicted molar refractivity (Wildman–Crippen MR) is 202 cm³/mol. The van der Waals surface area contributed by atoms with E-state index in [-0.39, 0.29) is 11.7 Å². The number of halogens is 2. The zero-order chi connectivity index (χ0) is 38.1. The number of aromatic nitrogens is 4. The first-order valence-corrected chi connectivity index (χ1v) is 19.5. The third-order valence-corrected chi connectivity index (χ3v) is 10.5. The standard InChI is InChI=1S/C36H41Cl2N5O8S2/c1-8-46-29-27(28-26(18-47-30(49-28)20-12-10-9-11-13-20)48-31(29)53-21-14-15-22(37)23(38)16-21)42-17-24(40-41-42)25-19-52-32(39-25)43(33(44)50-35(2,3)4)34(45)51-36(5,6)7/h9-17,19,26-31H,8,18H2,1-7H3/t26?,27?,28-,29?,30?,31+/m0/s1. The van der Waals surface area contributed by atoms with E-state index in [1.165, 1.54) is 11.8 Å². The highest BCUT2D eigenvalue weighted by atomic mass is 35.5. The highest BCUT2D eigenvalue weighted by Gasteiger charge is 2.52. The van der Waals surface area contributed by atoms with Crippen molar-refractivity contribution in [1.82, 2.24) is 20.0 Å². The summed E-state index contributed by atoms with van der Waals surface area (Å²) < 4.78 is 38.7. The zero-order valence-corrected chi connectivity index (χ0v) is 33.4. The van der Waals surface area contributed by atoms with Gasteiger partial charge in [-0.25, -0.2) is 19.3 Å². The number of fused-ring (bicyclic) bond motifs is 1. The summed E-state index contributed by atoms with van der Waals surface area (Å²) in [5.41, 5.74) is -0.658. The first kappa shape index (κ1) is 39.4. The second kappa shape index (κ2) is 16.2. The van der Waals surface area contributed by atoms with Crippen LogP contribution in [0.3, 0.4) is 0 Å². The van der Waals surface area contributed by atoms with E-state index >= 15 is 0 Å². The summed E-state index contributed by atoms with van der Waals surface area (Å²) in [6, 6.07) is 14.5. The lowest BCUT2D eigenvalue weighted by atomic mass is 9.95. The average molecular weight is 807 g/mol. The molecule has 0 saturated carbocycles. The van der Waals surface area contributed by atoms with Crippen LogP contribution in [0.2, 0.25) is 10.0 Å². The number of carbonyl (C=O) groups excluding carboxylic acids is 2. The zero-order valence-electron chi connectivity index (χ0n) is 30.2. The highest BCUT2D eigenvalue weighted by molar-refractivity contribution is 7.99. The normalized spacial score (nSPS) is 23.3. The number of benzene rings is 2. The molecule has 6 atom stereocenters. The van der Waals surface area contributed by atoms with E-state index in [0.29, 0.717) is 28.0 Å². The van der Waals surface area contributed by atoms with Gasteiger partial charge in [0, 0.05) is 22.4 Å². The number of ether oxygens (including phenoxy) is 6. The second-order valence-corrected chi connectivity index (χ2v) is 17.0. The fourth-order valence-corrected chi connectivity index (χ4v) is 8.00. The van der Waals surface area contributed by atoms with Crippen molar-refractivity contribution in [3.63, 3.8) is 0 Å². The lowest BCUT2D eigenvalue weighted by Crippen LogP contribution is -2.59. The topological polar surface area (TPSA) is 136 Å². The Balaban J connectivity index is 1.34. The Labute approximate surface area is 326 Å². The van der Waals surface area contributed by atoms with Gasteiger partial charge in [-0.2, -0.15) is 4.90 Å². The molecule has 2 aromatic heterocycles. The fraction of sp³-hybridized carbons (Fsp3) is 0.472. The van der Waals surface area contributed by atoms with Crippen LogP contribution in [0.5, 0.6) is 0 Å². The third kappa shape index (κ3) is 9.51. The van der Waals surface area contributed by atoms with Crippen LogP contribution in [0.4, 0.5) is 14.7 Å². The van der Waals surface area contributed by atoms with Gasteiger partial charge in [-0.05, 0) is 66.7 Å². The smallest absolute Gasteiger partial charge is 0.426 e. The van der Waals surface area contributed by atoms with Gasteiger partial charge in [0.25, 0.3) is 0 Å². The maximum Gasteiger partial charge on any atom is 0.426 e. The van der Waals surface area contributed by atoms with Gasteiger partial charge in [-0.3, -0.25) is 0 Å². The minimum absolute atomic E-state index is 0.0490. The van der Waals surface area contributed by atoms with Gasteiger partial charge in [0.05, 0.1) is 22.8 Å². The molecular formula is C36H41Cl2N5O8S2. The van der Waals surface area contributed by atoms with Crippen molar-refractivity contribution in [1.29, 1.82) is 0 Å². The van der Waals surface area contributed by atoms with Crippen molar-refractivity contribution in [3.05, 3.63) is 75.7 Å². The lowest BCUT2D eigenvalue weighted by Gasteiger charge is -2.49. The average Bonchev–Trinajstić information content (AvgIpc) is 3.76. The summed E-state index contributed by atoms with van der Waals surface area (Å²) in [4.78, 5) is 32.8. The molecule has 4 aromatic rings. The molecule has 284 valence electrons. The molecule has 0 N–H and O–H groups in total. The lowest BCUT2D eigenvalue weighted by molar-refractivity contribution is -0.309. The molecule has 4 heterocycles. The van der Waals surface area contributed by atoms with Gasteiger partial charge in [-0.15, -0.1) is 16.4 Å². The summed E-state index contributed by atoms with van der Waals surface area (Å²) in [5, 5.41) is 11.6. The third-order valence-electron chi connectivity index (χ3n) is 7.80. The van der Waals surface area contributed by atoms with Crippen molar-refractivity contribution in [2.75, 3.05) is 18.1 Å². The van der Waals surface area contributed by atoms with Crippen molar-refractivity contribution in [3.8, 4) is 11.4 Å². The van der Waals surface area contributed by atoms with Gasteiger partial charge < -0.3 is 28.4 Å². The number of thiazole rings is 1. The molecule has 0 bridgehead atoms. The first-order chi connectivity index (χ1) is 25.1. The molecule has 0 aliphatic carbocycles. The van der Waals surface area contributed by atoms with Crippen LogP contribution in [0.1, 0.15) is 66.4 Å². The van der Waals surface area contributed by atoms with E-state index in [1.54, 1.807) is 69.9 Å². The van der Waals surface area contributed by atoms with E-state index in [4.69, 9.17) is 51.6 Å². The molecule has 2 aliphatic rings. The maximum absolute atomic E-state index is 13.3. The van der Waals surface area contributed by atoms with Crippen LogP contribution in [-0.2, 0) is 28.4 Å². The molecule has 0 spiro atoms. The van der Waals surface area contributed by atoms with Crippen molar-refractivity contribution >= 4 is 63.6 Å². The summed E-state index contributed by atoms with van der Waals surface area (Å²) in [7, 11) is 0. The molecule has 2 aliphatic heterocycles. The maximum atomic E-state index is 13.3.